The molecule has 0 aliphatic rings. The Bertz CT molecular complexity index is 544. The number of hydrogen-bond acceptors (Lipinski definition) is 4. The fraction of sp³-hybridized carbons (Fsp3) is 0.308. The summed E-state index contributed by atoms with van der Waals surface area (Å²) in [5, 5.41) is 22.0. The molecule has 0 unspecified atom stereocenters. The van der Waals surface area contributed by atoms with Crippen molar-refractivity contribution >= 4 is 29.3 Å². The fourth-order valence-electron chi connectivity index (χ4n) is 1.56. The molecule has 0 aliphatic heterocycles. The molecule has 4 N–H and O–H groups in total. The van der Waals surface area contributed by atoms with Gasteiger partial charge in [0.05, 0.1) is 6.42 Å². The number of nitrogens with one attached hydrogen (secondary N) is 2. The van der Waals surface area contributed by atoms with Crippen LogP contribution in [-0.2, 0) is 9.59 Å². The third kappa shape index (κ3) is 5.39. The summed E-state index contributed by atoms with van der Waals surface area (Å²) in [5.74, 6) is -2.72. The van der Waals surface area contributed by atoms with Gasteiger partial charge in [0, 0.05) is 25.5 Å². The van der Waals surface area contributed by atoms with E-state index in [0.29, 0.717) is 5.69 Å². The number of nitrogens with zero attached hydrogens (tertiary/aromatic N) is 1. The van der Waals surface area contributed by atoms with Gasteiger partial charge in [-0.05, 0) is 18.2 Å². The van der Waals surface area contributed by atoms with Gasteiger partial charge in [0.2, 0.25) is 0 Å². The molecule has 1 atom stereocenters. The highest BCUT2D eigenvalue weighted by Crippen LogP contribution is 2.17. The Morgan fingerprint density at radius 2 is 1.90 bits per heavy atom. The summed E-state index contributed by atoms with van der Waals surface area (Å²) in [5.41, 5.74) is 1.33. The Hall–Kier alpha value is -2.77. The maximum Gasteiger partial charge on any atom is 0.326 e. The van der Waals surface area contributed by atoms with E-state index in [-0.39, 0.29) is 0 Å². The van der Waals surface area contributed by atoms with Crippen LogP contribution in [0.2, 0.25) is 0 Å². The summed E-state index contributed by atoms with van der Waals surface area (Å²) < 4.78 is 0. The van der Waals surface area contributed by atoms with Crippen LogP contribution in [0.25, 0.3) is 0 Å². The lowest BCUT2D eigenvalue weighted by Gasteiger charge is -2.16. The van der Waals surface area contributed by atoms with Crippen LogP contribution in [0.5, 0.6) is 0 Å². The molecule has 1 aromatic carbocycles. The van der Waals surface area contributed by atoms with Crippen LogP contribution in [0.4, 0.5) is 16.2 Å². The van der Waals surface area contributed by atoms with Gasteiger partial charge in [0.1, 0.15) is 6.04 Å². The number of carboxylic acids is 2. The average molecular weight is 295 g/mol. The van der Waals surface area contributed by atoms with Crippen LogP contribution in [0.3, 0.4) is 0 Å². The number of benzene rings is 1. The number of rotatable bonds is 6. The fourth-order valence-corrected chi connectivity index (χ4v) is 1.56. The molecular formula is C13H17N3O5. The van der Waals surface area contributed by atoms with Gasteiger partial charge in [0.15, 0.2) is 0 Å². The minimum Gasteiger partial charge on any atom is -0.481 e. The van der Waals surface area contributed by atoms with Crippen molar-refractivity contribution in [3.63, 3.8) is 0 Å². The smallest absolute Gasteiger partial charge is 0.326 e. The number of urea groups is 1. The average Bonchev–Trinajstić information content (AvgIpc) is 2.37. The summed E-state index contributed by atoms with van der Waals surface area (Å²) in [6.45, 7) is 0. The molecule has 0 fully saturated rings. The Morgan fingerprint density at radius 1 is 1.24 bits per heavy atom. The Labute approximate surface area is 121 Å². The molecule has 0 spiro atoms. The van der Waals surface area contributed by atoms with Crippen LogP contribution in [0, 0.1) is 0 Å². The number of carbonyl (C=O) groups excluding carboxylic acids is 1. The highest BCUT2D eigenvalue weighted by Gasteiger charge is 2.22. The van der Waals surface area contributed by atoms with Crippen molar-refractivity contribution < 1.29 is 24.6 Å². The molecule has 8 nitrogen and oxygen atoms in total. The molecular weight excluding hydrogens is 278 g/mol. The van der Waals surface area contributed by atoms with Crippen LogP contribution in [0.15, 0.2) is 24.3 Å². The quantitative estimate of drug-likeness (QED) is 0.616. The lowest BCUT2D eigenvalue weighted by Crippen LogP contribution is -2.44. The van der Waals surface area contributed by atoms with Crippen molar-refractivity contribution in [3.05, 3.63) is 24.3 Å². The standard InChI is InChI=1S/C13H17N3O5/c1-16(2)9-5-3-4-8(6-9)14-13(21)15-10(12(19)20)7-11(17)18/h3-6,10H,7H2,1-2H3,(H,17,18)(H,19,20)(H2,14,15,21)/t10-/m0/s1. The van der Waals surface area contributed by atoms with E-state index in [2.05, 4.69) is 10.6 Å². The van der Waals surface area contributed by atoms with E-state index in [9.17, 15) is 14.4 Å². The minimum atomic E-state index is -1.49. The van der Waals surface area contributed by atoms with Crippen LogP contribution in [-0.4, -0.2) is 48.3 Å². The monoisotopic (exact) mass is 295 g/mol. The van der Waals surface area contributed by atoms with E-state index in [1.807, 2.05) is 25.1 Å². The first-order valence-electron chi connectivity index (χ1n) is 6.09. The number of carboxylic acid groups (broad SMARTS) is 2. The van der Waals surface area contributed by atoms with Gasteiger partial charge in [0.25, 0.3) is 0 Å². The van der Waals surface area contributed by atoms with Gasteiger partial charge in [-0.1, -0.05) is 6.07 Å². The van der Waals surface area contributed by atoms with Gasteiger partial charge in [-0.25, -0.2) is 9.59 Å². The van der Waals surface area contributed by atoms with Crippen molar-refractivity contribution in [1.82, 2.24) is 5.32 Å². The topological polar surface area (TPSA) is 119 Å². The molecule has 0 aromatic heterocycles. The van der Waals surface area contributed by atoms with Gasteiger partial charge >= 0.3 is 18.0 Å². The zero-order valence-corrected chi connectivity index (χ0v) is 11.7. The molecule has 21 heavy (non-hydrogen) atoms. The molecule has 1 rings (SSSR count). The first kappa shape index (κ1) is 16.3. The van der Waals surface area contributed by atoms with E-state index < -0.39 is 30.4 Å². The number of hydrogen-bond donors (Lipinski definition) is 4. The largest absolute Gasteiger partial charge is 0.481 e. The van der Waals surface area contributed by atoms with E-state index >= 15 is 0 Å². The second-order valence-electron chi connectivity index (χ2n) is 4.53. The Balaban J connectivity index is 2.69. The summed E-state index contributed by atoms with van der Waals surface area (Å²) >= 11 is 0. The van der Waals surface area contributed by atoms with Crippen molar-refractivity contribution in [3.8, 4) is 0 Å². The molecule has 0 heterocycles. The van der Waals surface area contributed by atoms with Crippen molar-refractivity contribution in [2.45, 2.75) is 12.5 Å². The van der Waals surface area contributed by atoms with E-state index in [1.165, 1.54) is 0 Å². The first-order valence-corrected chi connectivity index (χ1v) is 6.09. The van der Waals surface area contributed by atoms with Gasteiger partial charge in [-0.15, -0.1) is 0 Å². The zero-order chi connectivity index (χ0) is 16.0. The van der Waals surface area contributed by atoms with Gasteiger partial charge in [-0.2, -0.15) is 0 Å². The predicted octanol–water partition coefficient (Wildman–Crippen LogP) is 0.802. The highest BCUT2D eigenvalue weighted by molar-refractivity contribution is 5.93. The lowest BCUT2D eigenvalue weighted by atomic mass is 10.2. The van der Waals surface area contributed by atoms with E-state index in [0.717, 1.165) is 5.69 Å². The summed E-state index contributed by atoms with van der Waals surface area (Å²) in [6, 6.07) is 4.65. The van der Waals surface area contributed by atoms with E-state index in [1.54, 1.807) is 18.2 Å². The SMILES string of the molecule is CN(C)c1cccc(NC(=O)N[C@@H](CC(=O)O)C(=O)O)c1. The van der Waals surface area contributed by atoms with Crippen LogP contribution >= 0.6 is 0 Å². The van der Waals surface area contributed by atoms with Crippen molar-refractivity contribution in [1.29, 1.82) is 0 Å². The van der Waals surface area contributed by atoms with Crippen molar-refractivity contribution in [2.75, 3.05) is 24.3 Å². The molecule has 8 heteroatoms. The summed E-state index contributed by atoms with van der Waals surface area (Å²) in [4.78, 5) is 34.9. The molecule has 114 valence electrons. The lowest BCUT2D eigenvalue weighted by molar-refractivity contribution is -0.145. The highest BCUT2D eigenvalue weighted by atomic mass is 16.4. The number of aliphatic carboxylic acids is 2. The zero-order valence-electron chi connectivity index (χ0n) is 11.7. The van der Waals surface area contributed by atoms with Crippen LogP contribution < -0.4 is 15.5 Å². The first-order chi connectivity index (χ1) is 9.79. The van der Waals surface area contributed by atoms with E-state index in [4.69, 9.17) is 10.2 Å². The molecule has 0 radical (unpaired) electrons. The molecule has 0 bridgehead atoms. The van der Waals surface area contributed by atoms with Gasteiger partial charge in [-0.3, -0.25) is 4.79 Å². The number of amides is 2. The Morgan fingerprint density at radius 3 is 2.43 bits per heavy atom. The molecule has 0 saturated carbocycles. The molecule has 0 aliphatic carbocycles. The van der Waals surface area contributed by atoms with Crippen LogP contribution in [0.1, 0.15) is 6.42 Å². The maximum atomic E-state index is 11.7. The molecule has 1 aromatic rings. The predicted molar refractivity (Wildman–Crippen MR) is 76.6 cm³/mol. The Kier molecular flexibility index (Phi) is 5.53. The number of anilines is 2. The van der Waals surface area contributed by atoms with Gasteiger partial charge < -0.3 is 25.7 Å². The summed E-state index contributed by atoms with van der Waals surface area (Å²) in [7, 11) is 3.68. The normalized spacial score (nSPS) is 11.3. The third-order valence-corrected chi connectivity index (χ3v) is 2.60. The second kappa shape index (κ2) is 7.13. The minimum absolute atomic E-state index is 0.471. The molecule has 0 saturated heterocycles. The van der Waals surface area contributed by atoms with Crippen molar-refractivity contribution in [2.24, 2.45) is 0 Å². The molecule has 2 amide bonds. The third-order valence-electron chi connectivity index (χ3n) is 2.60. The maximum absolute atomic E-state index is 11.7. The second-order valence-corrected chi connectivity index (χ2v) is 4.53. The summed E-state index contributed by atoms with van der Waals surface area (Å²) in [6.07, 6.45) is -0.694. The number of carbonyl (C=O) groups is 3.